The van der Waals surface area contributed by atoms with E-state index in [-0.39, 0.29) is 11.5 Å². The highest BCUT2D eigenvalue weighted by atomic mass is 16.3. The van der Waals surface area contributed by atoms with Gasteiger partial charge in [0.1, 0.15) is 22.9 Å². The molecule has 238 valence electrons. The quantitative estimate of drug-likeness (QED) is 0.226. The topological polar surface area (TPSA) is 89.9 Å². The van der Waals surface area contributed by atoms with Crippen molar-refractivity contribution in [1.29, 1.82) is 0 Å². The summed E-state index contributed by atoms with van der Waals surface area (Å²) in [5.41, 5.74) is 1.66. The minimum Gasteiger partial charge on any atom is -0.506 e. The van der Waals surface area contributed by atoms with E-state index in [9.17, 15) is 10.2 Å². The van der Waals surface area contributed by atoms with Crippen LogP contribution in [0, 0.1) is 0 Å². The molecule has 0 saturated carbocycles. The molecule has 4 aromatic rings. The maximum Gasteiger partial charge on any atom is 0.143 e. The van der Waals surface area contributed by atoms with Gasteiger partial charge in [-0.05, 0) is 35.7 Å². The molecule has 0 spiro atoms. The van der Waals surface area contributed by atoms with Crippen LogP contribution in [0.5, 0.6) is 11.5 Å². The average molecular weight is 591 g/mol. The Morgan fingerprint density at radius 2 is 0.977 bits per heavy atom. The van der Waals surface area contributed by atoms with Gasteiger partial charge >= 0.3 is 0 Å². The smallest absolute Gasteiger partial charge is 0.143 e. The summed E-state index contributed by atoms with van der Waals surface area (Å²) in [6.45, 7) is 20.7. The van der Waals surface area contributed by atoms with E-state index in [1.807, 2.05) is 102 Å². The standard InChI is InChI=1S/C16H12N2O2.C7H8N2.2C4H10.3C2H6/c19-14-8-4-3-7-13(14)17-18-16-12-6-2-1-5-11(12)9-10-15(16)20;1-8-9-7-5-3-2-4-6-7;2*1-3-4-2;3*1-2/h1-10,19-20H;2-6H,1H3;2*3-4H2,1-2H3;3*1-2H3. The third-order valence-corrected chi connectivity index (χ3v) is 4.99. The first kappa shape index (κ1) is 43.4. The largest absolute Gasteiger partial charge is 0.506 e. The number of hydrogen-bond acceptors (Lipinski definition) is 6. The molecule has 0 aliphatic rings. The number of hydrogen-bond donors (Lipinski definition) is 2. The van der Waals surface area contributed by atoms with Gasteiger partial charge in [0.05, 0.1) is 5.69 Å². The van der Waals surface area contributed by atoms with Crippen molar-refractivity contribution in [2.45, 2.75) is 94.9 Å². The molecular formula is C37H58N4O2. The number of phenols is 2. The van der Waals surface area contributed by atoms with Gasteiger partial charge < -0.3 is 10.2 Å². The van der Waals surface area contributed by atoms with E-state index in [1.54, 1.807) is 31.3 Å². The third-order valence-electron chi connectivity index (χ3n) is 4.99. The first-order valence-electron chi connectivity index (χ1n) is 15.8. The zero-order valence-corrected chi connectivity index (χ0v) is 28.7. The summed E-state index contributed by atoms with van der Waals surface area (Å²) in [5, 5.41) is 36.9. The van der Waals surface area contributed by atoms with Crippen LogP contribution >= 0.6 is 0 Å². The van der Waals surface area contributed by atoms with Crippen molar-refractivity contribution in [3.63, 3.8) is 0 Å². The molecule has 0 aromatic heterocycles. The Labute approximate surface area is 262 Å². The van der Waals surface area contributed by atoms with E-state index in [1.165, 1.54) is 31.7 Å². The van der Waals surface area contributed by atoms with Crippen LogP contribution < -0.4 is 0 Å². The first-order valence-corrected chi connectivity index (χ1v) is 15.8. The molecule has 4 aromatic carbocycles. The summed E-state index contributed by atoms with van der Waals surface area (Å²) in [6, 6.07) is 27.3. The second kappa shape index (κ2) is 32.5. The lowest BCUT2D eigenvalue weighted by molar-refractivity contribution is 0.474. The Balaban J connectivity index is -0.000000579. The van der Waals surface area contributed by atoms with Crippen LogP contribution in [0.4, 0.5) is 17.1 Å². The van der Waals surface area contributed by atoms with E-state index in [4.69, 9.17) is 0 Å². The van der Waals surface area contributed by atoms with Crippen molar-refractivity contribution in [1.82, 2.24) is 0 Å². The molecule has 0 radical (unpaired) electrons. The Kier molecular flexibility index (Phi) is 32.8. The molecule has 0 unspecified atom stereocenters. The Morgan fingerprint density at radius 3 is 1.49 bits per heavy atom. The van der Waals surface area contributed by atoms with E-state index in [0.717, 1.165) is 16.5 Å². The van der Waals surface area contributed by atoms with Crippen LogP contribution in [0.1, 0.15) is 94.9 Å². The van der Waals surface area contributed by atoms with Gasteiger partial charge in [0.25, 0.3) is 0 Å². The molecule has 0 fully saturated rings. The highest BCUT2D eigenvalue weighted by molar-refractivity contribution is 5.95. The van der Waals surface area contributed by atoms with Gasteiger partial charge in [-0.25, -0.2) is 0 Å². The van der Waals surface area contributed by atoms with Gasteiger partial charge in [0, 0.05) is 12.4 Å². The predicted octanol–water partition coefficient (Wildman–Crippen LogP) is 13.8. The number of benzene rings is 4. The number of fused-ring (bicyclic) bond motifs is 1. The van der Waals surface area contributed by atoms with E-state index in [0.29, 0.717) is 11.4 Å². The highest BCUT2D eigenvalue weighted by Gasteiger charge is 2.06. The molecule has 6 heteroatoms. The monoisotopic (exact) mass is 590 g/mol. The first-order chi connectivity index (χ1) is 21.0. The van der Waals surface area contributed by atoms with Crippen LogP contribution in [0.2, 0.25) is 0 Å². The van der Waals surface area contributed by atoms with Crippen molar-refractivity contribution in [3.8, 4) is 11.5 Å². The fourth-order valence-electron chi connectivity index (χ4n) is 2.61. The molecule has 6 nitrogen and oxygen atoms in total. The molecule has 2 N–H and O–H groups in total. The second-order valence-corrected chi connectivity index (χ2v) is 7.98. The van der Waals surface area contributed by atoms with Crippen LogP contribution in [0.3, 0.4) is 0 Å². The van der Waals surface area contributed by atoms with Gasteiger partial charge in [-0.2, -0.15) is 10.2 Å². The Hall–Kier alpha value is -4.06. The van der Waals surface area contributed by atoms with Crippen molar-refractivity contribution < 1.29 is 10.2 Å². The number of phenolic OH excluding ortho intramolecular Hbond substituents is 2. The SMILES string of the molecule is CC.CC.CC.CCCC.CCCC.CN=Nc1ccccc1.Oc1ccccc1N=Nc1c(O)ccc2ccccc12. The molecule has 0 atom stereocenters. The lowest BCUT2D eigenvalue weighted by Gasteiger charge is -2.03. The zero-order valence-electron chi connectivity index (χ0n) is 28.7. The summed E-state index contributed by atoms with van der Waals surface area (Å²) >= 11 is 0. The maximum absolute atomic E-state index is 9.94. The molecule has 43 heavy (non-hydrogen) atoms. The molecule has 4 rings (SSSR count). The molecule has 0 saturated heterocycles. The van der Waals surface area contributed by atoms with Gasteiger partial charge in [-0.1, -0.05) is 156 Å². The van der Waals surface area contributed by atoms with Crippen LogP contribution in [0.25, 0.3) is 10.8 Å². The summed E-state index contributed by atoms with van der Waals surface area (Å²) in [7, 11) is 1.66. The number of rotatable bonds is 5. The third kappa shape index (κ3) is 20.5. The highest BCUT2D eigenvalue weighted by Crippen LogP contribution is 2.37. The predicted molar refractivity (Wildman–Crippen MR) is 190 cm³/mol. The molecule has 0 amide bonds. The Morgan fingerprint density at radius 1 is 0.488 bits per heavy atom. The van der Waals surface area contributed by atoms with Crippen molar-refractivity contribution in [3.05, 3.63) is 91.0 Å². The minimum atomic E-state index is 0.0518. The Bertz CT molecular complexity index is 1200. The molecule has 0 aliphatic heterocycles. The minimum absolute atomic E-state index is 0.0518. The molecule has 0 heterocycles. The number of nitrogens with zero attached hydrogens (tertiary/aromatic N) is 4. The lowest BCUT2D eigenvalue weighted by atomic mass is 10.1. The molecule has 0 bridgehead atoms. The summed E-state index contributed by atoms with van der Waals surface area (Å²) in [6.07, 6.45) is 5.28. The van der Waals surface area contributed by atoms with E-state index in [2.05, 4.69) is 48.2 Å². The molecule has 0 aliphatic carbocycles. The number of aromatic hydroxyl groups is 2. The van der Waals surface area contributed by atoms with Crippen molar-refractivity contribution in [2.24, 2.45) is 20.5 Å². The van der Waals surface area contributed by atoms with Crippen molar-refractivity contribution in [2.75, 3.05) is 7.05 Å². The summed E-state index contributed by atoms with van der Waals surface area (Å²) in [4.78, 5) is 0. The normalized spacial score (nSPS) is 9.19. The van der Waals surface area contributed by atoms with Crippen LogP contribution in [0.15, 0.2) is 111 Å². The van der Waals surface area contributed by atoms with Gasteiger partial charge in [0.15, 0.2) is 0 Å². The molecular weight excluding hydrogens is 532 g/mol. The second-order valence-electron chi connectivity index (χ2n) is 7.98. The fourth-order valence-corrected chi connectivity index (χ4v) is 2.61. The average Bonchev–Trinajstić information content (AvgIpc) is 3.09. The maximum atomic E-state index is 9.94. The van der Waals surface area contributed by atoms with Crippen LogP contribution in [-0.2, 0) is 0 Å². The van der Waals surface area contributed by atoms with Crippen LogP contribution in [-0.4, -0.2) is 17.3 Å². The van der Waals surface area contributed by atoms with Gasteiger partial charge in [-0.15, -0.1) is 10.2 Å². The number of para-hydroxylation sites is 1. The summed E-state index contributed by atoms with van der Waals surface area (Å²) < 4.78 is 0. The number of azo groups is 2. The fraction of sp³-hybridized carbons (Fsp3) is 0.405. The number of unbranched alkanes of at least 4 members (excludes halogenated alkanes) is 2. The summed E-state index contributed by atoms with van der Waals surface area (Å²) in [5.74, 6) is 0.110. The van der Waals surface area contributed by atoms with Gasteiger partial charge in [-0.3, -0.25) is 0 Å². The zero-order chi connectivity index (χ0) is 33.3. The van der Waals surface area contributed by atoms with E-state index < -0.39 is 0 Å². The van der Waals surface area contributed by atoms with Crippen molar-refractivity contribution >= 4 is 27.8 Å². The van der Waals surface area contributed by atoms with Gasteiger partial charge in [0.2, 0.25) is 0 Å². The lowest BCUT2D eigenvalue weighted by Crippen LogP contribution is -1.74. The van der Waals surface area contributed by atoms with E-state index >= 15 is 0 Å².